The molecule has 0 atom stereocenters. The summed E-state index contributed by atoms with van der Waals surface area (Å²) < 4.78 is 13.5. The molecule has 0 heterocycles. The number of amides is 2. The van der Waals surface area contributed by atoms with Crippen molar-refractivity contribution in [2.75, 3.05) is 20.6 Å². The zero-order chi connectivity index (χ0) is 13.7. The van der Waals surface area contributed by atoms with Gasteiger partial charge in [0.05, 0.1) is 5.56 Å². The van der Waals surface area contributed by atoms with Crippen LogP contribution in [-0.2, 0) is 4.79 Å². The van der Waals surface area contributed by atoms with Crippen LogP contribution in [0.15, 0.2) is 18.2 Å². The molecule has 0 aromatic heterocycles. The Hall–Kier alpha value is -1.91. The van der Waals surface area contributed by atoms with Gasteiger partial charge in [-0.1, -0.05) is 6.07 Å². The molecule has 98 valence electrons. The second-order valence-electron chi connectivity index (χ2n) is 4.28. The number of hydrogen-bond donors (Lipinski definition) is 1. The van der Waals surface area contributed by atoms with E-state index in [1.807, 2.05) is 0 Å². The van der Waals surface area contributed by atoms with E-state index in [9.17, 15) is 14.0 Å². The summed E-state index contributed by atoms with van der Waals surface area (Å²) in [6, 6.07) is 4.41. The molecule has 0 spiro atoms. The zero-order valence-corrected chi connectivity index (χ0v) is 10.8. The smallest absolute Gasteiger partial charge is 0.254 e. The molecule has 5 heteroatoms. The number of carbonyl (C=O) groups is 2. The van der Waals surface area contributed by atoms with Crippen molar-refractivity contribution in [3.63, 3.8) is 0 Å². The van der Waals surface area contributed by atoms with Gasteiger partial charge in [0.1, 0.15) is 5.82 Å². The van der Waals surface area contributed by atoms with Gasteiger partial charge >= 0.3 is 0 Å². The maximum Gasteiger partial charge on any atom is 0.254 e. The van der Waals surface area contributed by atoms with E-state index in [4.69, 9.17) is 0 Å². The molecular formula is C13H17FN2O2. The minimum atomic E-state index is -0.550. The molecule has 0 unspecified atom stereocenters. The third-order valence-electron chi connectivity index (χ3n) is 2.49. The van der Waals surface area contributed by atoms with Gasteiger partial charge in [-0.15, -0.1) is 0 Å². The Morgan fingerprint density at radius 1 is 1.33 bits per heavy atom. The van der Waals surface area contributed by atoms with Crippen molar-refractivity contribution < 1.29 is 14.0 Å². The first-order valence-electron chi connectivity index (χ1n) is 5.66. The Bertz CT molecular complexity index is 458. The van der Waals surface area contributed by atoms with Gasteiger partial charge in [-0.3, -0.25) is 9.59 Å². The second-order valence-corrected chi connectivity index (χ2v) is 4.28. The van der Waals surface area contributed by atoms with Crippen LogP contribution in [0, 0.1) is 12.7 Å². The molecule has 0 bridgehead atoms. The van der Waals surface area contributed by atoms with Crippen molar-refractivity contribution in [1.29, 1.82) is 0 Å². The molecule has 0 saturated carbocycles. The van der Waals surface area contributed by atoms with Crippen molar-refractivity contribution in [2.24, 2.45) is 0 Å². The van der Waals surface area contributed by atoms with E-state index in [1.165, 1.54) is 17.0 Å². The summed E-state index contributed by atoms with van der Waals surface area (Å²) >= 11 is 0. The minimum absolute atomic E-state index is 0.00194. The van der Waals surface area contributed by atoms with Gasteiger partial charge in [0.15, 0.2) is 0 Å². The lowest BCUT2D eigenvalue weighted by atomic mass is 10.1. The van der Waals surface area contributed by atoms with Crippen molar-refractivity contribution in [3.05, 3.63) is 35.1 Å². The number of benzene rings is 1. The molecule has 1 N–H and O–H groups in total. The first-order valence-corrected chi connectivity index (χ1v) is 5.66. The third-order valence-corrected chi connectivity index (χ3v) is 2.49. The monoisotopic (exact) mass is 252 g/mol. The third kappa shape index (κ3) is 3.84. The van der Waals surface area contributed by atoms with Gasteiger partial charge in [0, 0.05) is 27.1 Å². The molecule has 0 saturated heterocycles. The largest absolute Gasteiger partial charge is 0.351 e. The highest BCUT2D eigenvalue weighted by molar-refractivity contribution is 5.94. The Labute approximate surface area is 106 Å². The first-order chi connectivity index (χ1) is 8.41. The maximum atomic E-state index is 13.5. The Morgan fingerprint density at radius 3 is 2.56 bits per heavy atom. The normalized spacial score (nSPS) is 10.0. The first kappa shape index (κ1) is 14.2. The van der Waals surface area contributed by atoms with Gasteiger partial charge in [-0.25, -0.2) is 4.39 Å². The average molecular weight is 252 g/mol. The molecular weight excluding hydrogens is 235 g/mol. The van der Waals surface area contributed by atoms with Crippen molar-refractivity contribution in [1.82, 2.24) is 10.2 Å². The molecule has 2 amide bonds. The molecule has 0 aliphatic heterocycles. The highest BCUT2D eigenvalue weighted by Crippen LogP contribution is 2.09. The lowest BCUT2D eigenvalue weighted by Crippen LogP contribution is -2.30. The fraction of sp³-hybridized carbons (Fsp3) is 0.385. The Morgan fingerprint density at radius 2 is 2.00 bits per heavy atom. The van der Waals surface area contributed by atoms with E-state index in [1.54, 1.807) is 27.1 Å². The molecule has 1 rings (SSSR count). The summed E-state index contributed by atoms with van der Waals surface area (Å²) in [5, 5.41) is 2.52. The van der Waals surface area contributed by atoms with Crippen LogP contribution < -0.4 is 5.32 Å². The van der Waals surface area contributed by atoms with Crippen LogP contribution in [-0.4, -0.2) is 37.4 Å². The van der Waals surface area contributed by atoms with Gasteiger partial charge in [0.2, 0.25) is 5.91 Å². The summed E-state index contributed by atoms with van der Waals surface area (Å²) in [6.45, 7) is 1.95. The number of nitrogens with one attached hydrogen (secondary N) is 1. The highest BCUT2D eigenvalue weighted by atomic mass is 19.1. The SMILES string of the molecule is Cc1ccc(C(=O)NCCC(=O)N(C)C)c(F)c1. The van der Waals surface area contributed by atoms with Gasteiger partial charge in [0.25, 0.3) is 5.91 Å². The molecule has 18 heavy (non-hydrogen) atoms. The molecule has 0 fully saturated rings. The maximum absolute atomic E-state index is 13.5. The lowest BCUT2D eigenvalue weighted by molar-refractivity contribution is -0.128. The van der Waals surface area contributed by atoms with Crippen LogP contribution in [0.4, 0.5) is 4.39 Å². The Balaban J connectivity index is 2.53. The number of nitrogens with zero attached hydrogens (tertiary/aromatic N) is 1. The predicted octanol–water partition coefficient (Wildman–Crippen LogP) is 1.34. The number of rotatable bonds is 4. The molecule has 1 aromatic rings. The second kappa shape index (κ2) is 6.14. The van der Waals surface area contributed by atoms with Crippen LogP contribution >= 0.6 is 0 Å². The van der Waals surface area contributed by atoms with E-state index < -0.39 is 11.7 Å². The molecule has 0 aliphatic rings. The summed E-state index contributed by atoms with van der Waals surface area (Å²) in [6.07, 6.45) is 0.201. The van der Waals surface area contributed by atoms with Crippen LogP contribution in [0.5, 0.6) is 0 Å². The average Bonchev–Trinajstić information content (AvgIpc) is 2.28. The lowest BCUT2D eigenvalue weighted by Gasteiger charge is -2.10. The molecule has 1 aromatic carbocycles. The summed E-state index contributed by atoms with van der Waals surface area (Å²) in [5.41, 5.74) is 0.754. The standard InChI is InChI=1S/C13H17FN2O2/c1-9-4-5-10(11(14)8-9)13(18)15-7-6-12(17)16(2)3/h4-5,8H,6-7H2,1-3H3,(H,15,18). The zero-order valence-electron chi connectivity index (χ0n) is 10.8. The van der Waals surface area contributed by atoms with Crippen LogP contribution in [0.3, 0.4) is 0 Å². The van der Waals surface area contributed by atoms with Crippen LogP contribution in [0.25, 0.3) is 0 Å². The Kier molecular flexibility index (Phi) is 4.83. The van der Waals surface area contributed by atoms with Crippen molar-refractivity contribution >= 4 is 11.8 Å². The molecule has 0 radical (unpaired) electrons. The van der Waals surface area contributed by atoms with Gasteiger partial charge in [-0.05, 0) is 24.6 Å². The number of aryl methyl sites for hydroxylation is 1. The molecule has 0 aliphatic carbocycles. The van der Waals surface area contributed by atoms with E-state index in [0.29, 0.717) is 0 Å². The van der Waals surface area contributed by atoms with Crippen molar-refractivity contribution in [2.45, 2.75) is 13.3 Å². The van der Waals surface area contributed by atoms with E-state index in [2.05, 4.69) is 5.32 Å². The number of carbonyl (C=O) groups excluding carboxylic acids is 2. The number of hydrogen-bond acceptors (Lipinski definition) is 2. The number of halogens is 1. The van der Waals surface area contributed by atoms with Gasteiger partial charge < -0.3 is 10.2 Å². The van der Waals surface area contributed by atoms with Crippen LogP contribution in [0.1, 0.15) is 22.3 Å². The summed E-state index contributed by atoms with van der Waals surface area (Å²) in [7, 11) is 3.29. The predicted molar refractivity (Wildman–Crippen MR) is 66.8 cm³/mol. The quantitative estimate of drug-likeness (QED) is 0.879. The summed E-state index contributed by atoms with van der Waals surface area (Å²) in [4.78, 5) is 24.4. The minimum Gasteiger partial charge on any atom is -0.351 e. The van der Waals surface area contributed by atoms with E-state index in [0.717, 1.165) is 5.56 Å². The van der Waals surface area contributed by atoms with Crippen LogP contribution in [0.2, 0.25) is 0 Å². The highest BCUT2D eigenvalue weighted by Gasteiger charge is 2.12. The van der Waals surface area contributed by atoms with Gasteiger partial charge in [-0.2, -0.15) is 0 Å². The topological polar surface area (TPSA) is 49.4 Å². The van der Waals surface area contributed by atoms with E-state index >= 15 is 0 Å². The van der Waals surface area contributed by atoms with E-state index in [-0.39, 0.29) is 24.4 Å². The summed E-state index contributed by atoms with van der Waals surface area (Å²) in [5.74, 6) is -1.13. The molecule has 4 nitrogen and oxygen atoms in total. The fourth-order valence-electron chi connectivity index (χ4n) is 1.41. The fourth-order valence-corrected chi connectivity index (χ4v) is 1.41. The van der Waals surface area contributed by atoms with Crippen molar-refractivity contribution in [3.8, 4) is 0 Å².